The molecule has 1 aromatic carbocycles. The standard InChI is InChI=1S/C21H25N5O2S/c1-14-18-19(26(23-14)16-6-8-17(28-2)9-7-16)22-21(29-18)25-12-10-24(11-13-25)20(27)15-4-3-5-15/h6-9,15H,3-5,10-13H2,1-2H3. The first-order valence-corrected chi connectivity index (χ1v) is 11.0. The summed E-state index contributed by atoms with van der Waals surface area (Å²) in [5, 5.41) is 5.70. The second kappa shape index (κ2) is 7.33. The number of aryl methyl sites for hydroxylation is 1. The molecule has 1 aliphatic heterocycles. The number of carbonyl (C=O) groups excluding carboxylic acids is 1. The quantitative estimate of drug-likeness (QED) is 0.659. The van der Waals surface area contributed by atoms with Gasteiger partial charge in [0.1, 0.15) is 5.75 Å². The molecule has 1 saturated carbocycles. The fourth-order valence-electron chi connectivity index (χ4n) is 3.99. The molecular weight excluding hydrogens is 386 g/mol. The third-order valence-electron chi connectivity index (χ3n) is 6.01. The van der Waals surface area contributed by atoms with Crippen molar-refractivity contribution >= 4 is 32.7 Å². The summed E-state index contributed by atoms with van der Waals surface area (Å²) >= 11 is 1.69. The second-order valence-corrected chi connectivity index (χ2v) is 8.76. The maximum atomic E-state index is 12.5. The highest BCUT2D eigenvalue weighted by molar-refractivity contribution is 7.22. The Kier molecular flexibility index (Phi) is 4.66. The molecule has 0 unspecified atom stereocenters. The van der Waals surface area contributed by atoms with E-state index in [1.165, 1.54) is 6.42 Å². The number of nitrogens with zero attached hydrogens (tertiary/aromatic N) is 5. The molecule has 2 aliphatic rings. The Bertz CT molecular complexity index is 1030. The first-order valence-electron chi connectivity index (χ1n) is 10.2. The van der Waals surface area contributed by atoms with E-state index < -0.39 is 0 Å². The molecular formula is C21H25N5O2S. The second-order valence-electron chi connectivity index (χ2n) is 7.78. The predicted molar refractivity (Wildman–Crippen MR) is 114 cm³/mol. The Morgan fingerprint density at radius 2 is 1.86 bits per heavy atom. The highest BCUT2D eigenvalue weighted by Gasteiger charge is 2.32. The van der Waals surface area contributed by atoms with Crippen molar-refractivity contribution in [3.8, 4) is 11.4 Å². The van der Waals surface area contributed by atoms with Crippen LogP contribution in [0.25, 0.3) is 16.0 Å². The number of fused-ring (bicyclic) bond motifs is 1. The van der Waals surface area contributed by atoms with Crippen LogP contribution in [-0.2, 0) is 4.79 Å². The van der Waals surface area contributed by atoms with E-state index in [2.05, 4.69) is 10.00 Å². The summed E-state index contributed by atoms with van der Waals surface area (Å²) < 4.78 is 8.27. The summed E-state index contributed by atoms with van der Waals surface area (Å²) in [6.07, 6.45) is 3.34. The lowest BCUT2D eigenvalue weighted by molar-refractivity contribution is -0.138. The minimum atomic E-state index is 0.280. The molecule has 2 aromatic heterocycles. The molecule has 0 spiro atoms. The van der Waals surface area contributed by atoms with E-state index in [1.54, 1.807) is 18.4 Å². The number of thiazole rings is 1. The summed E-state index contributed by atoms with van der Waals surface area (Å²) in [7, 11) is 1.66. The van der Waals surface area contributed by atoms with Gasteiger partial charge in [-0.25, -0.2) is 4.68 Å². The van der Waals surface area contributed by atoms with E-state index in [0.717, 1.165) is 71.6 Å². The van der Waals surface area contributed by atoms with Gasteiger partial charge in [-0.3, -0.25) is 4.79 Å². The van der Waals surface area contributed by atoms with E-state index >= 15 is 0 Å². The summed E-state index contributed by atoms with van der Waals surface area (Å²) in [6.45, 7) is 5.27. The molecule has 3 aromatic rings. The van der Waals surface area contributed by atoms with Crippen LogP contribution in [0.2, 0.25) is 0 Å². The van der Waals surface area contributed by atoms with Crippen LogP contribution in [0, 0.1) is 12.8 Å². The monoisotopic (exact) mass is 411 g/mol. The number of anilines is 1. The molecule has 5 rings (SSSR count). The van der Waals surface area contributed by atoms with Gasteiger partial charge in [-0.1, -0.05) is 17.8 Å². The Morgan fingerprint density at radius 1 is 1.14 bits per heavy atom. The SMILES string of the molecule is COc1ccc(-n2nc(C)c3sc(N4CCN(C(=O)C5CCC5)CC4)nc32)cc1. The lowest BCUT2D eigenvalue weighted by atomic mass is 9.84. The number of aromatic nitrogens is 3. The van der Waals surface area contributed by atoms with Crippen LogP contribution < -0.4 is 9.64 Å². The lowest BCUT2D eigenvalue weighted by Gasteiger charge is -2.38. The van der Waals surface area contributed by atoms with Crippen LogP contribution >= 0.6 is 11.3 Å². The van der Waals surface area contributed by atoms with Gasteiger partial charge in [0.2, 0.25) is 5.91 Å². The third kappa shape index (κ3) is 3.25. The van der Waals surface area contributed by atoms with Crippen LogP contribution in [0.5, 0.6) is 5.75 Å². The number of rotatable bonds is 4. The normalized spacial score (nSPS) is 17.6. The number of methoxy groups -OCH3 is 1. The van der Waals surface area contributed by atoms with Gasteiger partial charge >= 0.3 is 0 Å². The Hall–Kier alpha value is -2.61. The molecule has 0 N–H and O–H groups in total. The molecule has 8 heteroatoms. The first-order chi connectivity index (χ1) is 14.1. The van der Waals surface area contributed by atoms with Crippen molar-refractivity contribution < 1.29 is 9.53 Å². The number of ether oxygens (including phenoxy) is 1. The maximum Gasteiger partial charge on any atom is 0.225 e. The molecule has 0 radical (unpaired) electrons. The van der Waals surface area contributed by atoms with Gasteiger partial charge in [0, 0.05) is 32.1 Å². The minimum Gasteiger partial charge on any atom is -0.497 e. The number of piperazine rings is 1. The Labute approximate surface area is 173 Å². The Balaban J connectivity index is 1.36. The van der Waals surface area contributed by atoms with E-state index in [9.17, 15) is 4.79 Å². The maximum absolute atomic E-state index is 12.5. The molecule has 1 aliphatic carbocycles. The van der Waals surface area contributed by atoms with Crippen LogP contribution in [0.3, 0.4) is 0 Å². The molecule has 0 atom stereocenters. The smallest absolute Gasteiger partial charge is 0.225 e. The molecule has 152 valence electrons. The zero-order valence-corrected chi connectivity index (χ0v) is 17.6. The molecule has 2 fully saturated rings. The lowest BCUT2D eigenvalue weighted by Crippen LogP contribution is -2.51. The number of hydrogen-bond donors (Lipinski definition) is 0. The van der Waals surface area contributed by atoms with Crippen molar-refractivity contribution in [3.05, 3.63) is 30.0 Å². The average molecular weight is 412 g/mol. The van der Waals surface area contributed by atoms with Gasteiger partial charge < -0.3 is 14.5 Å². The van der Waals surface area contributed by atoms with Crippen LogP contribution in [0.1, 0.15) is 25.0 Å². The van der Waals surface area contributed by atoms with Crippen LogP contribution in [0.4, 0.5) is 5.13 Å². The molecule has 29 heavy (non-hydrogen) atoms. The van der Waals surface area contributed by atoms with Crippen LogP contribution in [-0.4, -0.2) is 58.9 Å². The number of carbonyl (C=O) groups is 1. The molecule has 1 saturated heterocycles. The molecule has 3 heterocycles. The molecule has 0 bridgehead atoms. The van der Waals surface area contributed by atoms with Crippen molar-refractivity contribution in [2.75, 3.05) is 38.2 Å². The predicted octanol–water partition coefficient (Wildman–Crippen LogP) is 3.25. The minimum absolute atomic E-state index is 0.280. The molecule has 7 nitrogen and oxygen atoms in total. The largest absolute Gasteiger partial charge is 0.497 e. The van der Waals surface area contributed by atoms with E-state index in [4.69, 9.17) is 9.72 Å². The van der Waals surface area contributed by atoms with E-state index in [-0.39, 0.29) is 5.92 Å². The summed E-state index contributed by atoms with van der Waals surface area (Å²) in [6, 6.07) is 7.86. The molecule has 1 amide bonds. The van der Waals surface area contributed by atoms with Gasteiger partial charge in [0.05, 0.1) is 23.2 Å². The van der Waals surface area contributed by atoms with Crippen molar-refractivity contribution in [2.45, 2.75) is 26.2 Å². The number of benzene rings is 1. The van der Waals surface area contributed by atoms with Crippen molar-refractivity contribution in [2.24, 2.45) is 5.92 Å². The van der Waals surface area contributed by atoms with Gasteiger partial charge in [-0.2, -0.15) is 10.1 Å². The average Bonchev–Trinajstić information content (AvgIpc) is 3.28. The number of amides is 1. The number of hydrogen-bond acceptors (Lipinski definition) is 6. The summed E-state index contributed by atoms with van der Waals surface area (Å²) in [4.78, 5) is 21.7. The zero-order chi connectivity index (χ0) is 20.0. The topological polar surface area (TPSA) is 63.5 Å². The van der Waals surface area contributed by atoms with E-state index in [1.807, 2.05) is 40.8 Å². The van der Waals surface area contributed by atoms with Crippen molar-refractivity contribution in [1.29, 1.82) is 0 Å². The van der Waals surface area contributed by atoms with Crippen molar-refractivity contribution in [1.82, 2.24) is 19.7 Å². The third-order valence-corrected chi connectivity index (χ3v) is 7.22. The summed E-state index contributed by atoms with van der Waals surface area (Å²) in [5.74, 6) is 1.45. The van der Waals surface area contributed by atoms with Gasteiger partial charge in [0.15, 0.2) is 10.8 Å². The van der Waals surface area contributed by atoms with Crippen LogP contribution in [0.15, 0.2) is 24.3 Å². The van der Waals surface area contributed by atoms with Gasteiger partial charge in [-0.15, -0.1) is 0 Å². The highest BCUT2D eigenvalue weighted by Crippen LogP contribution is 2.34. The summed E-state index contributed by atoms with van der Waals surface area (Å²) in [5.41, 5.74) is 2.84. The van der Waals surface area contributed by atoms with E-state index in [0.29, 0.717) is 5.91 Å². The zero-order valence-electron chi connectivity index (χ0n) is 16.8. The Morgan fingerprint density at radius 3 is 2.48 bits per heavy atom. The van der Waals surface area contributed by atoms with Gasteiger partial charge in [-0.05, 0) is 44.0 Å². The van der Waals surface area contributed by atoms with Crippen molar-refractivity contribution in [3.63, 3.8) is 0 Å². The first kappa shape index (κ1) is 18.4. The van der Waals surface area contributed by atoms with Gasteiger partial charge in [0.25, 0.3) is 0 Å². The highest BCUT2D eigenvalue weighted by atomic mass is 32.1. The fourth-order valence-corrected chi connectivity index (χ4v) is 5.03. The fraction of sp³-hybridized carbons (Fsp3) is 0.476.